The average molecular weight is 220 g/mol. The van der Waals surface area contributed by atoms with E-state index in [1.165, 1.54) is 11.5 Å². The molecule has 0 atom stereocenters. The predicted octanol–water partition coefficient (Wildman–Crippen LogP) is 1.76. The van der Waals surface area contributed by atoms with Crippen molar-refractivity contribution in [1.29, 1.82) is 0 Å². The van der Waals surface area contributed by atoms with Gasteiger partial charge in [-0.25, -0.2) is 0 Å². The topological polar surface area (TPSA) is 55.0 Å². The summed E-state index contributed by atoms with van der Waals surface area (Å²) in [4.78, 5) is 2.09. The van der Waals surface area contributed by atoms with Crippen molar-refractivity contribution in [3.8, 4) is 0 Å². The predicted molar refractivity (Wildman–Crippen MR) is 62.9 cm³/mol. The molecule has 4 nitrogen and oxygen atoms in total. The van der Waals surface area contributed by atoms with Crippen LogP contribution < -0.4 is 10.6 Å². The summed E-state index contributed by atoms with van der Waals surface area (Å²) < 4.78 is 3.81. The second-order valence-electron chi connectivity index (χ2n) is 3.28. The number of aromatic nitrogens is 2. The zero-order valence-corrected chi connectivity index (χ0v) is 9.24. The number of rotatable bonds is 3. The molecule has 0 spiro atoms. The molecule has 0 amide bonds. The minimum Gasteiger partial charge on any atom is -0.388 e. The number of hydrogen-bond donors (Lipinski definition) is 1. The minimum absolute atomic E-state index is 0.687. The fourth-order valence-corrected chi connectivity index (χ4v) is 1.76. The van der Waals surface area contributed by atoms with Gasteiger partial charge in [0.15, 0.2) is 0 Å². The van der Waals surface area contributed by atoms with Crippen LogP contribution in [0.4, 0.5) is 10.7 Å². The SMILES string of the molecule is CN(Cc1nnsc1N)c1ccccc1. The first kappa shape index (κ1) is 9.92. The van der Waals surface area contributed by atoms with Crippen LogP contribution in [0.3, 0.4) is 0 Å². The summed E-state index contributed by atoms with van der Waals surface area (Å²) in [6, 6.07) is 10.1. The van der Waals surface area contributed by atoms with Crippen LogP contribution in [0.1, 0.15) is 5.69 Å². The summed E-state index contributed by atoms with van der Waals surface area (Å²) in [6.45, 7) is 0.687. The second-order valence-corrected chi connectivity index (χ2v) is 4.06. The maximum absolute atomic E-state index is 5.73. The number of anilines is 2. The Morgan fingerprint density at radius 3 is 2.67 bits per heavy atom. The highest BCUT2D eigenvalue weighted by molar-refractivity contribution is 7.09. The van der Waals surface area contributed by atoms with E-state index in [9.17, 15) is 0 Å². The molecule has 0 saturated carbocycles. The summed E-state index contributed by atoms with van der Waals surface area (Å²) in [5.41, 5.74) is 7.72. The molecular weight excluding hydrogens is 208 g/mol. The van der Waals surface area contributed by atoms with Crippen molar-refractivity contribution in [2.75, 3.05) is 17.7 Å². The zero-order chi connectivity index (χ0) is 10.7. The van der Waals surface area contributed by atoms with Gasteiger partial charge in [-0.2, -0.15) is 0 Å². The number of nitrogens with two attached hydrogens (primary N) is 1. The summed E-state index contributed by atoms with van der Waals surface area (Å²) in [6.07, 6.45) is 0. The molecule has 2 N–H and O–H groups in total. The summed E-state index contributed by atoms with van der Waals surface area (Å²) in [5.74, 6) is 0. The molecule has 78 valence electrons. The molecule has 15 heavy (non-hydrogen) atoms. The molecule has 0 aliphatic heterocycles. The molecule has 2 rings (SSSR count). The van der Waals surface area contributed by atoms with Crippen molar-refractivity contribution in [3.63, 3.8) is 0 Å². The number of para-hydroxylation sites is 1. The highest BCUT2D eigenvalue weighted by Crippen LogP contribution is 2.18. The Hall–Kier alpha value is -1.62. The van der Waals surface area contributed by atoms with Gasteiger partial charge >= 0.3 is 0 Å². The fraction of sp³-hybridized carbons (Fsp3) is 0.200. The van der Waals surface area contributed by atoms with Crippen LogP contribution in [0.2, 0.25) is 0 Å². The molecule has 1 aromatic heterocycles. The first-order valence-electron chi connectivity index (χ1n) is 4.60. The Morgan fingerprint density at radius 1 is 1.33 bits per heavy atom. The molecule has 0 saturated heterocycles. The van der Waals surface area contributed by atoms with E-state index in [2.05, 4.69) is 26.6 Å². The van der Waals surface area contributed by atoms with E-state index in [1.807, 2.05) is 25.2 Å². The second kappa shape index (κ2) is 4.27. The maximum Gasteiger partial charge on any atom is 0.132 e. The monoisotopic (exact) mass is 220 g/mol. The Labute approximate surface area is 92.5 Å². The first-order chi connectivity index (χ1) is 7.27. The Morgan fingerprint density at radius 2 is 2.07 bits per heavy atom. The largest absolute Gasteiger partial charge is 0.388 e. The van der Waals surface area contributed by atoms with Crippen LogP contribution >= 0.6 is 11.5 Å². The van der Waals surface area contributed by atoms with E-state index in [1.54, 1.807) is 0 Å². The lowest BCUT2D eigenvalue weighted by Gasteiger charge is -2.17. The van der Waals surface area contributed by atoms with Crippen LogP contribution in [0.15, 0.2) is 30.3 Å². The van der Waals surface area contributed by atoms with Crippen molar-refractivity contribution in [2.45, 2.75) is 6.54 Å². The standard InChI is InChI=1S/C10H12N4S/c1-14(8-5-3-2-4-6-8)7-9-10(11)15-13-12-9/h2-6H,7,11H2,1H3. The third kappa shape index (κ3) is 2.24. The van der Waals surface area contributed by atoms with Crippen LogP contribution in [0.5, 0.6) is 0 Å². The van der Waals surface area contributed by atoms with E-state index < -0.39 is 0 Å². The van der Waals surface area contributed by atoms with Gasteiger partial charge in [-0.05, 0) is 12.1 Å². The quantitative estimate of drug-likeness (QED) is 0.856. The van der Waals surface area contributed by atoms with Crippen LogP contribution in [-0.4, -0.2) is 16.6 Å². The summed E-state index contributed by atoms with van der Waals surface area (Å²) in [5, 5.41) is 4.68. The molecular formula is C10H12N4S. The number of benzene rings is 1. The lowest BCUT2D eigenvalue weighted by Crippen LogP contribution is -2.17. The molecule has 0 unspecified atom stereocenters. The van der Waals surface area contributed by atoms with Gasteiger partial charge in [0.1, 0.15) is 10.7 Å². The molecule has 2 aromatic rings. The van der Waals surface area contributed by atoms with Crippen LogP contribution in [0, 0.1) is 0 Å². The molecule has 0 aliphatic carbocycles. The lowest BCUT2D eigenvalue weighted by atomic mass is 10.3. The molecule has 0 radical (unpaired) electrons. The highest BCUT2D eigenvalue weighted by atomic mass is 32.1. The number of nitrogens with zero attached hydrogens (tertiary/aromatic N) is 3. The van der Waals surface area contributed by atoms with Crippen molar-refractivity contribution < 1.29 is 0 Å². The highest BCUT2D eigenvalue weighted by Gasteiger charge is 2.07. The fourth-order valence-electron chi connectivity index (χ4n) is 1.32. The van der Waals surface area contributed by atoms with Gasteiger partial charge in [-0.1, -0.05) is 22.7 Å². The lowest BCUT2D eigenvalue weighted by molar-refractivity contribution is 0.875. The molecule has 1 aromatic carbocycles. The average Bonchev–Trinajstić information content (AvgIpc) is 2.66. The van der Waals surface area contributed by atoms with Gasteiger partial charge in [0, 0.05) is 24.3 Å². The van der Waals surface area contributed by atoms with Gasteiger partial charge in [0.05, 0.1) is 6.54 Å². The zero-order valence-electron chi connectivity index (χ0n) is 8.42. The first-order valence-corrected chi connectivity index (χ1v) is 5.37. The van der Waals surface area contributed by atoms with Gasteiger partial charge in [0.25, 0.3) is 0 Å². The van der Waals surface area contributed by atoms with Crippen LogP contribution in [-0.2, 0) is 6.54 Å². The van der Waals surface area contributed by atoms with Crippen molar-refractivity contribution in [1.82, 2.24) is 9.59 Å². The van der Waals surface area contributed by atoms with Gasteiger partial charge in [0.2, 0.25) is 0 Å². The third-order valence-corrected chi connectivity index (χ3v) is 2.76. The molecule has 0 bridgehead atoms. The maximum atomic E-state index is 5.73. The van der Waals surface area contributed by atoms with Crippen molar-refractivity contribution in [3.05, 3.63) is 36.0 Å². The van der Waals surface area contributed by atoms with Crippen molar-refractivity contribution >= 4 is 22.2 Å². The third-order valence-electron chi connectivity index (χ3n) is 2.17. The number of hydrogen-bond acceptors (Lipinski definition) is 5. The summed E-state index contributed by atoms with van der Waals surface area (Å²) >= 11 is 1.23. The van der Waals surface area contributed by atoms with E-state index in [0.29, 0.717) is 11.5 Å². The van der Waals surface area contributed by atoms with Gasteiger partial charge in [-0.15, -0.1) is 5.10 Å². The normalized spacial score (nSPS) is 10.2. The Kier molecular flexibility index (Phi) is 2.82. The number of nitrogen functional groups attached to an aromatic ring is 1. The smallest absolute Gasteiger partial charge is 0.132 e. The van der Waals surface area contributed by atoms with E-state index in [4.69, 9.17) is 5.73 Å². The van der Waals surface area contributed by atoms with Gasteiger partial charge < -0.3 is 10.6 Å². The van der Waals surface area contributed by atoms with Gasteiger partial charge in [-0.3, -0.25) is 0 Å². The van der Waals surface area contributed by atoms with Crippen LogP contribution in [0.25, 0.3) is 0 Å². The van der Waals surface area contributed by atoms with E-state index in [-0.39, 0.29) is 0 Å². The summed E-state index contributed by atoms with van der Waals surface area (Å²) in [7, 11) is 2.01. The molecule has 0 aliphatic rings. The van der Waals surface area contributed by atoms with E-state index in [0.717, 1.165) is 11.4 Å². The Bertz CT molecular complexity index is 426. The minimum atomic E-state index is 0.687. The Balaban J connectivity index is 2.11. The van der Waals surface area contributed by atoms with Crippen molar-refractivity contribution in [2.24, 2.45) is 0 Å². The molecule has 5 heteroatoms. The van der Waals surface area contributed by atoms with E-state index >= 15 is 0 Å². The molecule has 0 fully saturated rings. The molecule has 1 heterocycles.